The predicted octanol–water partition coefficient (Wildman–Crippen LogP) is 2.18. The smallest absolute Gasteiger partial charge is 0.148 e. The van der Waals surface area contributed by atoms with E-state index in [-0.39, 0.29) is 12.0 Å². The van der Waals surface area contributed by atoms with E-state index >= 15 is 0 Å². The average Bonchev–Trinajstić information content (AvgIpc) is 2.84. The number of halogens is 1. The normalized spacial score (nSPS) is 26.0. The molecule has 1 aromatic carbocycles. The number of hydrogen-bond donors (Lipinski definition) is 2. The molecule has 21 heavy (non-hydrogen) atoms. The van der Waals surface area contributed by atoms with Crippen LogP contribution in [0.4, 0.5) is 0 Å². The van der Waals surface area contributed by atoms with E-state index in [0.29, 0.717) is 17.3 Å². The van der Waals surface area contributed by atoms with Gasteiger partial charge in [0.2, 0.25) is 0 Å². The Balaban J connectivity index is 1.96. The number of rotatable bonds is 2. The third kappa shape index (κ3) is 2.95. The van der Waals surface area contributed by atoms with Crippen molar-refractivity contribution in [3.05, 3.63) is 40.9 Å². The maximum absolute atomic E-state index is 10.0. The van der Waals surface area contributed by atoms with Crippen LogP contribution < -0.4 is 5.73 Å². The second-order valence-electron chi connectivity index (χ2n) is 5.65. The summed E-state index contributed by atoms with van der Waals surface area (Å²) in [5.41, 5.74) is 6.77. The summed E-state index contributed by atoms with van der Waals surface area (Å²) in [5.74, 6) is 1.76. The van der Waals surface area contributed by atoms with E-state index < -0.39 is 6.10 Å². The SMILES string of the molecule is Cc1nc([C@H]2CC[C@@H](N)[C@H](O)C2)n(-c2cccc(Cl)c2)n1. The highest BCUT2D eigenvalue weighted by Crippen LogP contribution is 2.32. The molecule has 3 atom stereocenters. The van der Waals surface area contributed by atoms with E-state index in [0.717, 1.165) is 24.4 Å². The quantitative estimate of drug-likeness (QED) is 0.891. The van der Waals surface area contributed by atoms with Crippen molar-refractivity contribution in [2.75, 3.05) is 0 Å². The fourth-order valence-corrected chi connectivity index (χ4v) is 3.08. The lowest BCUT2D eigenvalue weighted by molar-refractivity contribution is 0.0961. The highest BCUT2D eigenvalue weighted by Gasteiger charge is 2.31. The van der Waals surface area contributed by atoms with Crippen LogP contribution in [0.1, 0.15) is 36.8 Å². The van der Waals surface area contributed by atoms with Crippen molar-refractivity contribution in [2.45, 2.75) is 44.2 Å². The number of nitrogens with two attached hydrogens (primary N) is 1. The minimum Gasteiger partial charge on any atom is -0.391 e. The van der Waals surface area contributed by atoms with Crippen LogP contribution in [-0.4, -0.2) is 32.0 Å². The molecule has 1 aliphatic rings. The summed E-state index contributed by atoms with van der Waals surface area (Å²) in [4.78, 5) is 4.56. The number of aromatic nitrogens is 3. The molecule has 3 N–H and O–H groups in total. The number of hydrogen-bond acceptors (Lipinski definition) is 4. The molecule has 6 heteroatoms. The van der Waals surface area contributed by atoms with Gasteiger partial charge in [-0.3, -0.25) is 0 Å². The summed E-state index contributed by atoms with van der Waals surface area (Å²) in [6.07, 6.45) is 1.86. The molecule has 2 aromatic rings. The van der Waals surface area contributed by atoms with Crippen LogP contribution in [0.2, 0.25) is 5.02 Å². The Labute approximate surface area is 128 Å². The standard InChI is InChI=1S/C15H19ClN4O/c1-9-18-15(10-5-6-13(17)14(21)7-10)20(19-9)12-4-2-3-11(16)8-12/h2-4,8,10,13-14,21H,5-7,17H2,1H3/t10-,13+,14+/m0/s1. The number of aryl methyl sites for hydroxylation is 1. The molecule has 0 bridgehead atoms. The minimum absolute atomic E-state index is 0.134. The third-order valence-corrected chi connectivity index (χ3v) is 4.26. The fraction of sp³-hybridized carbons (Fsp3) is 0.467. The second kappa shape index (κ2) is 5.75. The number of benzene rings is 1. The molecule has 3 rings (SSSR count). The molecule has 1 saturated carbocycles. The Morgan fingerprint density at radius 3 is 2.90 bits per heavy atom. The lowest BCUT2D eigenvalue weighted by Gasteiger charge is -2.30. The van der Waals surface area contributed by atoms with E-state index in [2.05, 4.69) is 10.1 Å². The van der Waals surface area contributed by atoms with E-state index in [1.165, 1.54) is 0 Å². The fourth-order valence-electron chi connectivity index (χ4n) is 2.90. The van der Waals surface area contributed by atoms with Gasteiger partial charge in [0.05, 0.1) is 11.8 Å². The Bertz CT molecular complexity index is 642. The average molecular weight is 307 g/mol. The van der Waals surface area contributed by atoms with Crippen molar-refractivity contribution in [3.8, 4) is 5.69 Å². The minimum atomic E-state index is -0.478. The zero-order valence-electron chi connectivity index (χ0n) is 11.9. The van der Waals surface area contributed by atoms with Gasteiger partial charge < -0.3 is 10.8 Å². The van der Waals surface area contributed by atoms with Crippen molar-refractivity contribution in [3.63, 3.8) is 0 Å². The summed E-state index contributed by atoms with van der Waals surface area (Å²) >= 11 is 6.06. The van der Waals surface area contributed by atoms with Crippen LogP contribution in [0.25, 0.3) is 5.69 Å². The lowest BCUT2D eigenvalue weighted by Crippen LogP contribution is -2.40. The molecule has 1 heterocycles. The first kappa shape index (κ1) is 14.5. The van der Waals surface area contributed by atoms with Crippen molar-refractivity contribution in [1.82, 2.24) is 14.8 Å². The summed E-state index contributed by atoms with van der Waals surface area (Å²) < 4.78 is 1.83. The summed E-state index contributed by atoms with van der Waals surface area (Å²) in [6.45, 7) is 1.87. The van der Waals surface area contributed by atoms with E-state index in [9.17, 15) is 5.11 Å². The van der Waals surface area contributed by atoms with Gasteiger partial charge in [0.25, 0.3) is 0 Å². The third-order valence-electron chi connectivity index (χ3n) is 4.02. The zero-order valence-corrected chi connectivity index (χ0v) is 12.7. The molecule has 112 valence electrons. The maximum Gasteiger partial charge on any atom is 0.148 e. The topological polar surface area (TPSA) is 77.0 Å². The van der Waals surface area contributed by atoms with Crippen molar-refractivity contribution in [2.24, 2.45) is 5.73 Å². The lowest BCUT2D eigenvalue weighted by atomic mass is 9.84. The molecular weight excluding hydrogens is 288 g/mol. The molecule has 0 saturated heterocycles. The maximum atomic E-state index is 10.0. The van der Waals surface area contributed by atoms with Crippen LogP contribution in [0.15, 0.2) is 24.3 Å². The number of aliphatic hydroxyl groups is 1. The molecular formula is C15H19ClN4O. The molecule has 1 aromatic heterocycles. The molecule has 1 aliphatic carbocycles. The first-order chi connectivity index (χ1) is 10.0. The monoisotopic (exact) mass is 306 g/mol. The van der Waals surface area contributed by atoms with Crippen molar-refractivity contribution >= 4 is 11.6 Å². The first-order valence-electron chi connectivity index (χ1n) is 7.17. The van der Waals surface area contributed by atoms with Gasteiger partial charge in [-0.2, -0.15) is 5.10 Å². The summed E-state index contributed by atoms with van der Waals surface area (Å²) in [7, 11) is 0. The van der Waals surface area contributed by atoms with E-state index in [1.807, 2.05) is 35.9 Å². The largest absolute Gasteiger partial charge is 0.391 e. The molecule has 0 spiro atoms. The van der Waals surface area contributed by atoms with E-state index in [4.69, 9.17) is 17.3 Å². The number of aliphatic hydroxyl groups excluding tert-OH is 1. The Morgan fingerprint density at radius 1 is 1.38 bits per heavy atom. The molecule has 0 amide bonds. The predicted molar refractivity (Wildman–Crippen MR) is 81.7 cm³/mol. The Morgan fingerprint density at radius 2 is 2.19 bits per heavy atom. The highest BCUT2D eigenvalue weighted by atomic mass is 35.5. The molecule has 0 aliphatic heterocycles. The molecule has 0 radical (unpaired) electrons. The van der Waals surface area contributed by atoms with Crippen molar-refractivity contribution < 1.29 is 5.11 Å². The highest BCUT2D eigenvalue weighted by molar-refractivity contribution is 6.30. The van der Waals surface area contributed by atoms with Gasteiger partial charge in [-0.1, -0.05) is 17.7 Å². The van der Waals surface area contributed by atoms with E-state index in [1.54, 1.807) is 0 Å². The number of nitrogens with zero attached hydrogens (tertiary/aromatic N) is 3. The second-order valence-corrected chi connectivity index (χ2v) is 6.09. The van der Waals surface area contributed by atoms with Gasteiger partial charge in [0.1, 0.15) is 11.6 Å². The Hall–Kier alpha value is -1.43. The first-order valence-corrected chi connectivity index (χ1v) is 7.55. The Kier molecular flexibility index (Phi) is 3.97. The van der Waals surface area contributed by atoms with Crippen molar-refractivity contribution in [1.29, 1.82) is 0 Å². The summed E-state index contributed by atoms with van der Waals surface area (Å²) in [6, 6.07) is 7.41. The molecule has 0 unspecified atom stereocenters. The zero-order chi connectivity index (χ0) is 15.0. The van der Waals surface area contributed by atoms with Crippen LogP contribution in [0, 0.1) is 6.92 Å². The van der Waals surface area contributed by atoms with Crippen LogP contribution in [0.3, 0.4) is 0 Å². The van der Waals surface area contributed by atoms with Gasteiger partial charge in [0.15, 0.2) is 0 Å². The van der Waals surface area contributed by atoms with Crippen LogP contribution >= 0.6 is 11.6 Å². The molecule has 5 nitrogen and oxygen atoms in total. The summed E-state index contributed by atoms with van der Waals surface area (Å²) in [5, 5.41) is 15.2. The van der Waals surface area contributed by atoms with Crippen LogP contribution in [-0.2, 0) is 0 Å². The molecule has 1 fully saturated rings. The van der Waals surface area contributed by atoms with Gasteiger partial charge >= 0.3 is 0 Å². The van der Waals surface area contributed by atoms with Gasteiger partial charge in [-0.15, -0.1) is 0 Å². The van der Waals surface area contributed by atoms with Gasteiger partial charge in [-0.05, 0) is 44.4 Å². The van der Waals surface area contributed by atoms with Crippen LogP contribution in [0.5, 0.6) is 0 Å². The van der Waals surface area contributed by atoms with Gasteiger partial charge in [0, 0.05) is 17.0 Å². The van der Waals surface area contributed by atoms with Gasteiger partial charge in [-0.25, -0.2) is 9.67 Å².